The predicted octanol–water partition coefficient (Wildman–Crippen LogP) is 2.95. The number of hydrogen-bond acceptors (Lipinski definition) is 2. The van der Waals surface area contributed by atoms with E-state index < -0.39 is 0 Å². The van der Waals surface area contributed by atoms with Crippen molar-refractivity contribution in [3.63, 3.8) is 0 Å². The van der Waals surface area contributed by atoms with Crippen LogP contribution in [0.3, 0.4) is 0 Å². The number of rotatable bonds is 2. The third-order valence-electron chi connectivity index (χ3n) is 2.39. The largest absolute Gasteiger partial charge is 0.279 e. The first-order valence-electron chi connectivity index (χ1n) is 4.35. The smallest absolute Gasteiger partial charge is 0.0982 e. The average Bonchev–Trinajstić information content (AvgIpc) is 2.31. The van der Waals surface area contributed by atoms with Crippen molar-refractivity contribution in [1.82, 2.24) is 0 Å². The summed E-state index contributed by atoms with van der Waals surface area (Å²) in [5, 5.41) is 1.18. The van der Waals surface area contributed by atoms with E-state index in [1.165, 1.54) is 12.1 Å². The Labute approximate surface area is 73.7 Å². The van der Waals surface area contributed by atoms with Crippen LogP contribution in [-0.2, 0) is 0 Å². The van der Waals surface area contributed by atoms with Gasteiger partial charge in [-0.25, -0.2) is 0 Å². The fourth-order valence-electron chi connectivity index (χ4n) is 1.11. The molecule has 0 N–H and O–H groups in total. The second-order valence-electron chi connectivity index (χ2n) is 3.32. The first-order chi connectivity index (χ1) is 5.15. The van der Waals surface area contributed by atoms with Crippen LogP contribution in [0.4, 0.5) is 0 Å². The van der Waals surface area contributed by atoms with Crippen molar-refractivity contribution >= 4 is 17.5 Å². The number of thioether (sulfide) groups is 1. The molecule has 0 aromatic rings. The van der Waals surface area contributed by atoms with Crippen molar-refractivity contribution < 1.29 is 0 Å². The van der Waals surface area contributed by atoms with Gasteiger partial charge in [-0.3, -0.25) is 4.99 Å². The zero-order valence-corrected chi connectivity index (χ0v) is 8.61. The van der Waals surface area contributed by atoms with Gasteiger partial charge < -0.3 is 0 Å². The molecule has 64 valence electrons. The summed E-state index contributed by atoms with van der Waals surface area (Å²) in [5.41, 5.74) is 1.32. The lowest BCUT2D eigenvalue weighted by Gasteiger charge is -2.13. The Morgan fingerprint density at radius 2 is 2.27 bits per heavy atom. The molecule has 0 fully saturated rings. The molecule has 0 saturated carbocycles. The van der Waals surface area contributed by atoms with E-state index >= 15 is 0 Å². The minimum Gasteiger partial charge on any atom is -0.279 e. The van der Waals surface area contributed by atoms with Gasteiger partial charge in [-0.1, -0.05) is 20.3 Å². The molecule has 1 nitrogen and oxygen atoms in total. The van der Waals surface area contributed by atoms with Crippen molar-refractivity contribution in [2.24, 2.45) is 10.9 Å². The van der Waals surface area contributed by atoms with Gasteiger partial charge >= 0.3 is 0 Å². The highest BCUT2D eigenvalue weighted by atomic mass is 32.2. The van der Waals surface area contributed by atoms with Gasteiger partial charge in [0.25, 0.3) is 0 Å². The second-order valence-corrected chi connectivity index (χ2v) is 4.79. The molecule has 1 aliphatic heterocycles. The summed E-state index contributed by atoms with van der Waals surface area (Å²) in [6.07, 6.45) is 1.24. The molecule has 1 heterocycles. The van der Waals surface area contributed by atoms with Crippen LogP contribution in [0.25, 0.3) is 0 Å². The molecule has 0 saturated heterocycles. The highest BCUT2D eigenvalue weighted by Gasteiger charge is 2.25. The molecule has 0 aliphatic carbocycles. The molecular weight excluding hydrogens is 154 g/mol. The molecule has 0 spiro atoms. The van der Waals surface area contributed by atoms with Gasteiger partial charge in [-0.05, 0) is 19.8 Å². The normalized spacial score (nSPS) is 33.6. The zero-order chi connectivity index (χ0) is 8.43. The highest BCUT2D eigenvalue weighted by molar-refractivity contribution is 8.01. The molecule has 1 aliphatic rings. The van der Waals surface area contributed by atoms with Gasteiger partial charge in [-0.2, -0.15) is 0 Å². The Bertz CT molecular complexity index is 165. The van der Waals surface area contributed by atoms with E-state index in [1.807, 2.05) is 11.8 Å². The highest BCUT2D eigenvalue weighted by Crippen LogP contribution is 2.33. The van der Waals surface area contributed by atoms with Crippen LogP contribution in [-0.4, -0.2) is 16.3 Å². The monoisotopic (exact) mass is 171 g/mol. The third-order valence-corrected chi connectivity index (χ3v) is 3.99. The molecule has 2 heteroatoms. The average molecular weight is 171 g/mol. The van der Waals surface area contributed by atoms with Crippen molar-refractivity contribution in [2.75, 3.05) is 0 Å². The topological polar surface area (TPSA) is 12.4 Å². The van der Waals surface area contributed by atoms with Crippen LogP contribution in [0.2, 0.25) is 0 Å². The van der Waals surface area contributed by atoms with Crippen molar-refractivity contribution in [3.8, 4) is 0 Å². The van der Waals surface area contributed by atoms with Gasteiger partial charge in [0, 0.05) is 11.0 Å². The van der Waals surface area contributed by atoms with Crippen molar-refractivity contribution in [2.45, 2.75) is 44.7 Å². The first-order valence-corrected chi connectivity index (χ1v) is 5.29. The van der Waals surface area contributed by atoms with Crippen molar-refractivity contribution in [1.29, 1.82) is 0 Å². The predicted molar refractivity (Wildman–Crippen MR) is 53.4 cm³/mol. The zero-order valence-electron chi connectivity index (χ0n) is 7.79. The quantitative estimate of drug-likeness (QED) is 0.622. The SMILES string of the molecule is CCC(C)C1N=C(C)C(C)S1. The molecule has 0 amide bonds. The van der Waals surface area contributed by atoms with Gasteiger partial charge in [0.05, 0.1) is 5.37 Å². The molecule has 0 radical (unpaired) electrons. The van der Waals surface area contributed by atoms with Crippen LogP contribution in [0.5, 0.6) is 0 Å². The second kappa shape index (κ2) is 3.61. The Morgan fingerprint density at radius 1 is 1.64 bits per heavy atom. The summed E-state index contributed by atoms with van der Waals surface area (Å²) in [4.78, 5) is 4.62. The molecule has 11 heavy (non-hydrogen) atoms. The summed E-state index contributed by atoms with van der Waals surface area (Å²) in [5.74, 6) is 0.736. The van der Waals surface area contributed by atoms with Crippen LogP contribution >= 0.6 is 11.8 Å². The lowest BCUT2D eigenvalue weighted by atomic mass is 10.1. The fourth-order valence-corrected chi connectivity index (χ4v) is 2.47. The van der Waals surface area contributed by atoms with E-state index in [2.05, 4.69) is 32.7 Å². The standard InChI is InChI=1S/C9H17NS/c1-5-6(2)9-10-7(3)8(4)11-9/h6,8-9H,5H2,1-4H3. The van der Waals surface area contributed by atoms with Gasteiger partial charge in [0.15, 0.2) is 0 Å². The lowest BCUT2D eigenvalue weighted by Crippen LogP contribution is -2.08. The van der Waals surface area contributed by atoms with Crippen LogP contribution in [0.15, 0.2) is 4.99 Å². The van der Waals surface area contributed by atoms with E-state index in [-0.39, 0.29) is 0 Å². The van der Waals surface area contributed by atoms with Gasteiger partial charge in [-0.15, -0.1) is 11.8 Å². The van der Waals surface area contributed by atoms with E-state index in [9.17, 15) is 0 Å². The molecule has 1 rings (SSSR count). The Kier molecular flexibility index (Phi) is 2.99. The summed E-state index contributed by atoms with van der Waals surface area (Å²) in [6, 6.07) is 0. The number of hydrogen-bond donors (Lipinski definition) is 0. The molecule has 0 aromatic heterocycles. The molecule has 3 unspecified atom stereocenters. The van der Waals surface area contributed by atoms with Crippen molar-refractivity contribution in [3.05, 3.63) is 0 Å². The summed E-state index contributed by atoms with van der Waals surface area (Å²) < 4.78 is 0. The maximum absolute atomic E-state index is 4.62. The van der Waals surface area contributed by atoms with E-state index in [0.717, 1.165) is 5.92 Å². The molecule has 0 bridgehead atoms. The fraction of sp³-hybridized carbons (Fsp3) is 0.889. The molecule has 3 atom stereocenters. The number of nitrogens with zero attached hydrogens (tertiary/aromatic N) is 1. The van der Waals surface area contributed by atoms with E-state index in [4.69, 9.17) is 0 Å². The minimum atomic E-state index is 0.537. The van der Waals surface area contributed by atoms with Gasteiger partial charge in [0.2, 0.25) is 0 Å². The summed E-state index contributed by atoms with van der Waals surface area (Å²) in [6.45, 7) is 8.90. The Balaban J connectivity index is 2.53. The van der Waals surface area contributed by atoms with Crippen LogP contribution in [0, 0.1) is 5.92 Å². The maximum Gasteiger partial charge on any atom is 0.0982 e. The third kappa shape index (κ3) is 1.98. The van der Waals surface area contributed by atoms with Gasteiger partial charge in [0.1, 0.15) is 0 Å². The van der Waals surface area contributed by atoms with Crippen LogP contribution in [0.1, 0.15) is 34.1 Å². The van der Waals surface area contributed by atoms with E-state index in [0.29, 0.717) is 10.6 Å². The summed E-state index contributed by atoms with van der Waals surface area (Å²) >= 11 is 2.00. The van der Waals surface area contributed by atoms with Crippen LogP contribution < -0.4 is 0 Å². The minimum absolute atomic E-state index is 0.537. The molecular formula is C9H17NS. The Hall–Kier alpha value is 0.0200. The lowest BCUT2D eigenvalue weighted by molar-refractivity contribution is 0.549. The Morgan fingerprint density at radius 3 is 2.64 bits per heavy atom. The molecule has 0 aromatic carbocycles. The van der Waals surface area contributed by atoms with E-state index in [1.54, 1.807) is 0 Å². The first kappa shape index (κ1) is 9.11. The number of aliphatic imine (C=N–C) groups is 1. The maximum atomic E-state index is 4.62. The summed E-state index contributed by atoms with van der Waals surface area (Å²) in [7, 11) is 0.